The van der Waals surface area contributed by atoms with Crippen molar-refractivity contribution in [2.45, 2.75) is 77.0 Å². The van der Waals surface area contributed by atoms with Gasteiger partial charge in [0.05, 0.1) is 5.25 Å². The standard InChI is InChI=1S/C27H39NO2S/c1-8-19(3)15-17-25(20(4)9-2)28-21(5)16-18-26(30)27(22(6)23(7)29)31-24-13-11-10-12-14-24/h8,10-15,17,20-22,27-28H,1,9,16,18H2,2-7H3/b19-15-,25-17+. The van der Waals surface area contributed by atoms with Crippen molar-refractivity contribution in [3.05, 3.63) is 66.4 Å². The van der Waals surface area contributed by atoms with Crippen LogP contribution in [0.5, 0.6) is 0 Å². The minimum absolute atomic E-state index is 0.0549. The third kappa shape index (κ3) is 9.73. The smallest absolute Gasteiger partial charge is 0.146 e. The van der Waals surface area contributed by atoms with Gasteiger partial charge in [0.25, 0.3) is 0 Å². The second-order valence-corrected chi connectivity index (χ2v) is 9.56. The van der Waals surface area contributed by atoms with Crippen molar-refractivity contribution < 1.29 is 9.59 Å². The van der Waals surface area contributed by atoms with Gasteiger partial charge in [-0.15, -0.1) is 11.8 Å². The highest BCUT2D eigenvalue weighted by molar-refractivity contribution is 8.00. The van der Waals surface area contributed by atoms with Crippen molar-refractivity contribution in [3.63, 3.8) is 0 Å². The zero-order valence-electron chi connectivity index (χ0n) is 20.0. The summed E-state index contributed by atoms with van der Waals surface area (Å²) in [6.45, 7) is 15.8. The summed E-state index contributed by atoms with van der Waals surface area (Å²) in [4.78, 5) is 26.1. The van der Waals surface area contributed by atoms with E-state index in [4.69, 9.17) is 0 Å². The Morgan fingerprint density at radius 3 is 2.29 bits per heavy atom. The van der Waals surface area contributed by atoms with E-state index in [-0.39, 0.29) is 28.8 Å². The molecule has 1 rings (SSSR count). The van der Waals surface area contributed by atoms with Crippen LogP contribution in [0.25, 0.3) is 0 Å². The van der Waals surface area contributed by atoms with Gasteiger partial charge < -0.3 is 5.32 Å². The predicted molar refractivity (Wildman–Crippen MR) is 134 cm³/mol. The van der Waals surface area contributed by atoms with Gasteiger partial charge in [-0.2, -0.15) is 0 Å². The molecule has 31 heavy (non-hydrogen) atoms. The fraction of sp³-hybridized carbons (Fsp3) is 0.481. The Bertz CT molecular complexity index is 782. The molecule has 4 unspecified atom stereocenters. The zero-order valence-corrected chi connectivity index (χ0v) is 20.8. The van der Waals surface area contributed by atoms with E-state index >= 15 is 0 Å². The van der Waals surface area contributed by atoms with Crippen LogP contribution >= 0.6 is 11.8 Å². The summed E-state index contributed by atoms with van der Waals surface area (Å²) in [7, 11) is 0. The van der Waals surface area contributed by atoms with E-state index in [9.17, 15) is 9.59 Å². The van der Waals surface area contributed by atoms with E-state index in [1.165, 1.54) is 17.5 Å². The Hall–Kier alpha value is -2.07. The van der Waals surface area contributed by atoms with Crippen LogP contribution in [0.2, 0.25) is 0 Å². The zero-order chi connectivity index (χ0) is 23.4. The molecule has 0 aromatic heterocycles. The maximum absolute atomic E-state index is 13.1. The summed E-state index contributed by atoms with van der Waals surface area (Å²) in [5.74, 6) is 0.302. The fourth-order valence-electron chi connectivity index (χ4n) is 3.03. The molecule has 0 aliphatic rings. The maximum Gasteiger partial charge on any atom is 0.146 e. The van der Waals surface area contributed by atoms with Crippen LogP contribution in [-0.2, 0) is 9.59 Å². The molecule has 0 fully saturated rings. The van der Waals surface area contributed by atoms with Gasteiger partial charge in [0.2, 0.25) is 0 Å². The van der Waals surface area contributed by atoms with Crippen LogP contribution in [0.4, 0.5) is 0 Å². The monoisotopic (exact) mass is 441 g/mol. The van der Waals surface area contributed by atoms with Crippen molar-refractivity contribution in [1.29, 1.82) is 0 Å². The van der Waals surface area contributed by atoms with Crippen LogP contribution in [0.15, 0.2) is 71.3 Å². The third-order valence-corrected chi connectivity index (χ3v) is 7.12. The number of hydrogen-bond acceptors (Lipinski definition) is 4. The molecule has 4 atom stereocenters. The summed E-state index contributed by atoms with van der Waals surface area (Å²) in [5, 5.41) is 3.25. The average Bonchev–Trinajstić information content (AvgIpc) is 2.77. The predicted octanol–water partition coefficient (Wildman–Crippen LogP) is 6.76. The highest BCUT2D eigenvalue weighted by Gasteiger charge is 2.29. The largest absolute Gasteiger partial charge is 0.386 e. The number of carbonyl (C=O) groups excluding carboxylic acids is 2. The Balaban J connectivity index is 2.82. The maximum atomic E-state index is 13.1. The first kappa shape index (κ1) is 27.0. The van der Waals surface area contributed by atoms with Gasteiger partial charge in [-0.3, -0.25) is 9.59 Å². The number of nitrogens with one attached hydrogen (secondary N) is 1. The molecule has 0 heterocycles. The lowest BCUT2D eigenvalue weighted by molar-refractivity contribution is -0.125. The summed E-state index contributed by atoms with van der Waals surface area (Å²) in [6.07, 6.45) is 8.25. The highest BCUT2D eigenvalue weighted by atomic mass is 32.2. The second-order valence-electron chi connectivity index (χ2n) is 8.35. The number of benzene rings is 1. The first-order chi connectivity index (χ1) is 14.7. The van der Waals surface area contributed by atoms with Gasteiger partial charge in [-0.25, -0.2) is 0 Å². The molecule has 0 radical (unpaired) electrons. The van der Waals surface area contributed by atoms with Gasteiger partial charge in [0.1, 0.15) is 11.6 Å². The van der Waals surface area contributed by atoms with Gasteiger partial charge in [0, 0.05) is 29.0 Å². The number of carbonyl (C=O) groups is 2. The molecular weight excluding hydrogens is 402 g/mol. The van der Waals surface area contributed by atoms with Gasteiger partial charge in [0.15, 0.2) is 0 Å². The van der Waals surface area contributed by atoms with Crippen molar-refractivity contribution in [3.8, 4) is 0 Å². The lowest BCUT2D eigenvalue weighted by Crippen LogP contribution is -2.32. The Morgan fingerprint density at radius 2 is 1.74 bits per heavy atom. The summed E-state index contributed by atoms with van der Waals surface area (Å²) in [5.41, 5.74) is 2.29. The van der Waals surface area contributed by atoms with Crippen molar-refractivity contribution in [2.24, 2.45) is 11.8 Å². The lowest BCUT2D eigenvalue weighted by Gasteiger charge is -2.24. The molecule has 1 N–H and O–H groups in total. The van der Waals surface area contributed by atoms with Crippen LogP contribution in [-0.4, -0.2) is 22.9 Å². The first-order valence-electron chi connectivity index (χ1n) is 11.2. The van der Waals surface area contributed by atoms with Crippen LogP contribution in [0.3, 0.4) is 0 Å². The van der Waals surface area contributed by atoms with E-state index < -0.39 is 0 Å². The van der Waals surface area contributed by atoms with Gasteiger partial charge >= 0.3 is 0 Å². The number of thioether (sulfide) groups is 1. The second kappa shape index (κ2) is 14.1. The lowest BCUT2D eigenvalue weighted by atomic mass is 9.96. The SMILES string of the molecule is C=C/C(C)=C\C=C(\NC(C)CCC(=O)C(Sc1ccccc1)C(C)C(C)=O)C(C)CC. The Kier molecular flexibility index (Phi) is 12.2. The molecule has 1 aromatic rings. The van der Waals surface area contributed by atoms with E-state index in [1.54, 1.807) is 6.92 Å². The van der Waals surface area contributed by atoms with E-state index in [1.807, 2.05) is 50.3 Å². The molecule has 0 amide bonds. The Morgan fingerprint density at radius 1 is 1.10 bits per heavy atom. The van der Waals surface area contributed by atoms with Crippen LogP contribution in [0, 0.1) is 11.8 Å². The molecule has 4 heteroatoms. The molecular formula is C27H39NO2S. The number of ketones is 2. The quantitative estimate of drug-likeness (QED) is 0.256. The topological polar surface area (TPSA) is 46.2 Å². The highest BCUT2D eigenvalue weighted by Crippen LogP contribution is 2.30. The van der Waals surface area contributed by atoms with Crippen molar-refractivity contribution in [2.75, 3.05) is 0 Å². The van der Waals surface area contributed by atoms with Crippen LogP contribution in [0.1, 0.15) is 60.8 Å². The minimum atomic E-state index is -0.352. The number of hydrogen-bond donors (Lipinski definition) is 1. The van der Waals surface area contributed by atoms with E-state index in [2.05, 4.69) is 44.8 Å². The molecule has 0 saturated heterocycles. The fourth-order valence-corrected chi connectivity index (χ4v) is 4.28. The van der Waals surface area contributed by atoms with E-state index in [0.717, 1.165) is 23.3 Å². The van der Waals surface area contributed by atoms with Gasteiger partial charge in [-0.05, 0) is 57.7 Å². The molecule has 0 bridgehead atoms. The molecule has 170 valence electrons. The first-order valence-corrected chi connectivity index (χ1v) is 12.1. The summed E-state index contributed by atoms with van der Waals surface area (Å²) >= 11 is 1.50. The normalized spacial score (nSPS) is 16.2. The molecule has 0 spiro atoms. The van der Waals surface area contributed by atoms with Crippen molar-refractivity contribution in [1.82, 2.24) is 5.32 Å². The molecule has 1 aromatic carbocycles. The number of allylic oxidation sites excluding steroid dienone is 5. The summed E-state index contributed by atoms with van der Waals surface area (Å²) in [6, 6.07) is 10.0. The number of Topliss-reactive ketones (excluding diaryl/α,β-unsaturated/α-hetero) is 2. The average molecular weight is 442 g/mol. The third-order valence-electron chi connectivity index (χ3n) is 5.65. The van der Waals surface area contributed by atoms with E-state index in [0.29, 0.717) is 12.3 Å². The van der Waals surface area contributed by atoms with Crippen LogP contribution < -0.4 is 5.32 Å². The van der Waals surface area contributed by atoms with Gasteiger partial charge in [-0.1, -0.05) is 63.3 Å². The number of rotatable bonds is 14. The Labute approximate surface area is 193 Å². The molecule has 3 nitrogen and oxygen atoms in total. The van der Waals surface area contributed by atoms with Crippen molar-refractivity contribution >= 4 is 23.3 Å². The minimum Gasteiger partial charge on any atom is -0.386 e. The summed E-state index contributed by atoms with van der Waals surface area (Å²) < 4.78 is 0. The molecule has 0 saturated carbocycles. The molecule has 0 aliphatic heterocycles. The molecule has 0 aliphatic carbocycles.